The maximum absolute atomic E-state index is 13.5. The fraction of sp³-hybridized carbons (Fsp3) is 0.281. The summed E-state index contributed by atoms with van der Waals surface area (Å²) in [6.07, 6.45) is 2.33. The Hall–Kier alpha value is -3.79. The van der Waals surface area contributed by atoms with Crippen molar-refractivity contribution in [3.8, 4) is 5.69 Å². The summed E-state index contributed by atoms with van der Waals surface area (Å²) in [4.78, 5) is 12.4. The molecule has 0 radical (unpaired) electrons. The van der Waals surface area contributed by atoms with Gasteiger partial charge in [0, 0.05) is 37.6 Å². The van der Waals surface area contributed by atoms with E-state index in [-0.39, 0.29) is 5.41 Å². The van der Waals surface area contributed by atoms with E-state index in [2.05, 4.69) is 42.9 Å². The second kappa shape index (κ2) is 11.1. The molecule has 8 nitrogen and oxygen atoms in total. The van der Waals surface area contributed by atoms with E-state index < -0.39 is 10.0 Å². The van der Waals surface area contributed by atoms with Gasteiger partial charge in [-0.2, -0.15) is 9.40 Å². The third kappa shape index (κ3) is 5.64. The maximum atomic E-state index is 13.5. The smallest absolute Gasteiger partial charge is 0.243 e. The molecule has 0 unspecified atom stereocenters. The zero-order valence-corrected chi connectivity index (χ0v) is 25.5. The highest BCUT2D eigenvalue weighted by atomic mass is 35.5. The van der Waals surface area contributed by atoms with Gasteiger partial charge in [0.15, 0.2) is 5.65 Å². The van der Waals surface area contributed by atoms with Gasteiger partial charge in [0.05, 0.1) is 22.2 Å². The highest BCUT2D eigenvalue weighted by Gasteiger charge is 2.30. The van der Waals surface area contributed by atoms with E-state index in [9.17, 15) is 8.42 Å². The molecule has 0 spiro atoms. The lowest BCUT2D eigenvalue weighted by Gasteiger charge is -2.35. The van der Waals surface area contributed by atoms with Crippen molar-refractivity contribution in [3.05, 3.63) is 107 Å². The number of nitrogens with zero attached hydrogens (tertiary/aromatic N) is 6. The average Bonchev–Trinajstić information content (AvgIpc) is 3.41. The minimum absolute atomic E-state index is 0.0449. The lowest BCUT2D eigenvalue weighted by molar-refractivity contribution is 0.384. The minimum atomic E-state index is -3.61. The van der Waals surface area contributed by atoms with Crippen molar-refractivity contribution in [2.24, 2.45) is 0 Å². The van der Waals surface area contributed by atoms with E-state index in [0.717, 1.165) is 28.0 Å². The zero-order valence-electron chi connectivity index (χ0n) is 23.9. The monoisotopic (exact) mass is 600 g/mol. The number of anilines is 1. The second-order valence-corrected chi connectivity index (χ2v) is 13.9. The Morgan fingerprint density at radius 2 is 1.57 bits per heavy atom. The molecule has 5 aromatic rings. The summed E-state index contributed by atoms with van der Waals surface area (Å²) in [5.41, 5.74) is 3.65. The molecule has 1 fully saturated rings. The largest absolute Gasteiger partial charge is 0.353 e. The van der Waals surface area contributed by atoms with Crippen LogP contribution >= 0.6 is 11.6 Å². The van der Waals surface area contributed by atoms with Crippen molar-refractivity contribution in [1.82, 2.24) is 24.1 Å². The summed E-state index contributed by atoms with van der Waals surface area (Å²) in [6.45, 7) is 8.05. The van der Waals surface area contributed by atoms with Crippen molar-refractivity contribution < 1.29 is 8.42 Å². The molecule has 42 heavy (non-hydrogen) atoms. The Morgan fingerprint density at radius 1 is 0.857 bits per heavy atom. The zero-order chi connectivity index (χ0) is 29.5. The molecule has 6 rings (SSSR count). The van der Waals surface area contributed by atoms with E-state index in [1.807, 2.05) is 54.6 Å². The fourth-order valence-electron chi connectivity index (χ4n) is 5.25. The van der Waals surface area contributed by atoms with Crippen LogP contribution in [0.1, 0.15) is 37.7 Å². The predicted molar refractivity (Wildman–Crippen MR) is 167 cm³/mol. The molecule has 3 aromatic carbocycles. The molecule has 0 atom stereocenters. The van der Waals surface area contributed by atoms with Crippen LogP contribution < -0.4 is 4.90 Å². The van der Waals surface area contributed by atoms with Crippen LogP contribution in [0.4, 0.5) is 5.82 Å². The van der Waals surface area contributed by atoms with Crippen LogP contribution in [0.2, 0.25) is 5.02 Å². The topological polar surface area (TPSA) is 84.2 Å². The first-order valence-corrected chi connectivity index (χ1v) is 15.8. The first-order chi connectivity index (χ1) is 20.1. The average molecular weight is 601 g/mol. The summed E-state index contributed by atoms with van der Waals surface area (Å²) in [5.74, 6) is 1.42. The van der Waals surface area contributed by atoms with Gasteiger partial charge >= 0.3 is 0 Å². The molecule has 0 aliphatic carbocycles. The Labute approximate surface area is 251 Å². The number of rotatable bonds is 6. The number of piperazine rings is 1. The van der Waals surface area contributed by atoms with Crippen molar-refractivity contribution in [1.29, 1.82) is 0 Å². The molecule has 0 N–H and O–H groups in total. The molecule has 2 aromatic heterocycles. The van der Waals surface area contributed by atoms with Crippen LogP contribution in [0, 0.1) is 0 Å². The first kappa shape index (κ1) is 28.3. The summed E-state index contributed by atoms with van der Waals surface area (Å²) < 4.78 is 30.4. The number of halogens is 1. The molecule has 3 heterocycles. The molecule has 0 amide bonds. The van der Waals surface area contributed by atoms with E-state index in [1.54, 1.807) is 27.3 Å². The van der Waals surface area contributed by atoms with Crippen molar-refractivity contribution in [3.63, 3.8) is 0 Å². The van der Waals surface area contributed by atoms with Gasteiger partial charge in [0.25, 0.3) is 0 Å². The first-order valence-electron chi connectivity index (χ1n) is 14.0. The normalized spacial score (nSPS) is 14.9. The van der Waals surface area contributed by atoms with Gasteiger partial charge in [-0.05, 0) is 46.9 Å². The van der Waals surface area contributed by atoms with Gasteiger partial charge in [0.2, 0.25) is 10.0 Å². The number of hydrogen-bond acceptors (Lipinski definition) is 6. The number of aromatic nitrogens is 4. The van der Waals surface area contributed by atoms with Crippen LogP contribution in [0.3, 0.4) is 0 Å². The highest BCUT2D eigenvalue weighted by molar-refractivity contribution is 7.89. The van der Waals surface area contributed by atoms with Gasteiger partial charge in [-0.15, -0.1) is 0 Å². The highest BCUT2D eigenvalue weighted by Crippen LogP contribution is 2.30. The fourth-order valence-corrected chi connectivity index (χ4v) is 6.86. The lowest BCUT2D eigenvalue weighted by atomic mass is 9.87. The van der Waals surface area contributed by atoms with E-state index in [4.69, 9.17) is 21.6 Å². The molecular weight excluding hydrogens is 568 g/mol. The van der Waals surface area contributed by atoms with Crippen molar-refractivity contribution in [2.75, 3.05) is 31.1 Å². The molecule has 1 saturated heterocycles. The van der Waals surface area contributed by atoms with Gasteiger partial charge < -0.3 is 4.90 Å². The van der Waals surface area contributed by atoms with Gasteiger partial charge in [-0.25, -0.2) is 23.1 Å². The molecule has 0 bridgehead atoms. The molecule has 10 heteroatoms. The molecule has 216 valence electrons. The summed E-state index contributed by atoms with van der Waals surface area (Å²) in [5, 5.41) is 6.07. The summed E-state index contributed by atoms with van der Waals surface area (Å²) in [6, 6.07) is 24.9. The van der Waals surface area contributed by atoms with E-state index >= 15 is 0 Å². The number of sulfonamides is 1. The third-order valence-corrected chi connectivity index (χ3v) is 9.76. The second-order valence-electron chi connectivity index (χ2n) is 11.6. The summed E-state index contributed by atoms with van der Waals surface area (Å²) in [7, 11) is -3.61. The van der Waals surface area contributed by atoms with Crippen LogP contribution in [-0.2, 0) is 21.9 Å². The van der Waals surface area contributed by atoms with Crippen LogP contribution in [0.15, 0.2) is 90.0 Å². The number of hydrogen-bond donors (Lipinski definition) is 0. The minimum Gasteiger partial charge on any atom is -0.353 e. The third-order valence-electron chi connectivity index (χ3n) is 7.61. The van der Waals surface area contributed by atoms with Gasteiger partial charge in [-0.1, -0.05) is 80.9 Å². The van der Waals surface area contributed by atoms with Crippen molar-refractivity contribution in [2.45, 2.75) is 37.5 Å². The lowest BCUT2D eigenvalue weighted by Crippen LogP contribution is -2.49. The predicted octanol–water partition coefficient (Wildman–Crippen LogP) is 5.87. The molecule has 1 aliphatic heterocycles. The van der Waals surface area contributed by atoms with Crippen molar-refractivity contribution >= 4 is 38.5 Å². The van der Waals surface area contributed by atoms with Crippen LogP contribution in [-0.4, -0.2) is 58.7 Å². The standard InChI is InChI=1S/C32H33ClN6O2S/c1-32(2,3)24-12-14-27(15-13-24)42(40,41)38-18-16-37(17-19-38)30-28-22-34-39(26-11-7-10-25(33)21-26)31(28)36-29(35-30)20-23-8-5-4-6-9-23/h4-15,21-22H,16-20H2,1-3H3. The Morgan fingerprint density at radius 3 is 2.24 bits per heavy atom. The van der Waals surface area contributed by atoms with Crippen LogP contribution in [0.25, 0.3) is 16.7 Å². The number of fused-ring (bicyclic) bond motifs is 1. The number of benzene rings is 3. The Balaban J connectivity index is 1.31. The Kier molecular flexibility index (Phi) is 7.51. The van der Waals surface area contributed by atoms with Gasteiger partial charge in [-0.3, -0.25) is 0 Å². The molecular formula is C32H33ClN6O2S. The van der Waals surface area contributed by atoms with E-state index in [1.165, 1.54) is 0 Å². The quantitative estimate of drug-likeness (QED) is 0.242. The maximum Gasteiger partial charge on any atom is 0.243 e. The van der Waals surface area contributed by atoms with Crippen LogP contribution in [0.5, 0.6) is 0 Å². The molecule has 0 saturated carbocycles. The molecule has 1 aliphatic rings. The summed E-state index contributed by atoms with van der Waals surface area (Å²) >= 11 is 6.29. The SMILES string of the molecule is CC(C)(C)c1ccc(S(=O)(=O)N2CCN(c3nc(Cc4ccccc4)nc4c3cnn4-c3cccc(Cl)c3)CC2)cc1. The van der Waals surface area contributed by atoms with Gasteiger partial charge in [0.1, 0.15) is 11.6 Å². The Bertz CT molecular complexity index is 1830. The van der Waals surface area contributed by atoms with E-state index in [0.29, 0.717) is 54.0 Å².